The fraction of sp³-hybridized carbons (Fsp3) is 0.412. The summed E-state index contributed by atoms with van der Waals surface area (Å²) < 4.78 is 41.4. The first-order valence-electron chi connectivity index (χ1n) is 8.06. The Morgan fingerprint density at radius 3 is 2.50 bits per heavy atom. The van der Waals surface area contributed by atoms with Gasteiger partial charge in [0.25, 0.3) is 5.91 Å². The number of aromatic nitrogens is 2. The number of nitrogens with zero attached hydrogens (tertiary/aromatic N) is 2. The maximum Gasteiger partial charge on any atom is 0.434 e. The largest absolute Gasteiger partial charge is 0.434 e. The van der Waals surface area contributed by atoms with Gasteiger partial charge >= 0.3 is 6.18 Å². The van der Waals surface area contributed by atoms with Crippen molar-refractivity contribution in [2.75, 3.05) is 19.6 Å². The molecule has 9 heteroatoms. The Morgan fingerprint density at radius 2 is 1.88 bits per heavy atom. The number of benzene rings is 1. The van der Waals surface area contributed by atoms with E-state index in [0.717, 1.165) is 23.8 Å². The number of hydrogen-bond acceptors (Lipinski definition) is 3. The van der Waals surface area contributed by atoms with E-state index in [1.807, 2.05) is 6.92 Å². The Kier molecular flexibility index (Phi) is 8.10. The van der Waals surface area contributed by atoms with E-state index in [9.17, 15) is 18.0 Å². The molecule has 5 nitrogen and oxygen atoms in total. The highest BCUT2D eigenvalue weighted by atomic mass is 35.5. The van der Waals surface area contributed by atoms with Gasteiger partial charge in [0.15, 0.2) is 5.69 Å². The maximum atomic E-state index is 13.6. The highest BCUT2D eigenvalue weighted by Crippen LogP contribution is 2.34. The van der Waals surface area contributed by atoms with E-state index >= 15 is 0 Å². The smallest absolute Gasteiger partial charge is 0.351 e. The fourth-order valence-corrected chi connectivity index (χ4v) is 2.43. The van der Waals surface area contributed by atoms with E-state index in [1.165, 1.54) is 6.07 Å². The van der Waals surface area contributed by atoms with Crippen LogP contribution in [0.15, 0.2) is 30.5 Å². The molecule has 0 saturated heterocycles. The molecule has 2 rings (SSSR count). The summed E-state index contributed by atoms with van der Waals surface area (Å²) in [4.78, 5) is 12.2. The Balaban J connectivity index is 0.00000338. The molecule has 0 fully saturated rings. The van der Waals surface area contributed by atoms with Gasteiger partial charge in [0.1, 0.15) is 0 Å². The lowest BCUT2D eigenvalue weighted by Gasteiger charge is -2.14. The number of amides is 1. The first-order chi connectivity index (χ1) is 11.9. The molecule has 0 spiro atoms. The SMILES string of the molecule is CCCNCCNC(=O)c1cnn(-c2ccccc2C)c1C(F)(F)F.Cl. The number of carbonyl (C=O) groups excluding carboxylic acids is 1. The lowest BCUT2D eigenvalue weighted by molar-refractivity contribution is -0.143. The standard InChI is InChI=1S/C17H21F3N4O.ClH/c1-3-8-21-9-10-22-16(25)13-11-23-24(15(13)17(18,19)20)14-7-5-4-6-12(14)2;/h4-7,11,21H,3,8-10H2,1-2H3,(H,22,25);1H. The molecule has 1 amide bonds. The second kappa shape index (κ2) is 9.59. The predicted octanol–water partition coefficient (Wildman–Crippen LogP) is 3.35. The second-order valence-electron chi connectivity index (χ2n) is 5.61. The third-order valence-corrected chi connectivity index (χ3v) is 3.64. The Labute approximate surface area is 156 Å². The highest BCUT2D eigenvalue weighted by molar-refractivity contribution is 5.95. The molecule has 0 aliphatic rings. The van der Waals surface area contributed by atoms with Gasteiger partial charge in [-0.25, -0.2) is 4.68 Å². The molecule has 26 heavy (non-hydrogen) atoms. The summed E-state index contributed by atoms with van der Waals surface area (Å²) in [5.74, 6) is -0.787. The molecule has 0 unspecified atom stereocenters. The second-order valence-corrected chi connectivity index (χ2v) is 5.61. The third-order valence-electron chi connectivity index (χ3n) is 3.64. The number of para-hydroxylation sites is 1. The molecule has 0 atom stereocenters. The van der Waals surface area contributed by atoms with E-state index in [4.69, 9.17) is 0 Å². The molecule has 2 N–H and O–H groups in total. The van der Waals surface area contributed by atoms with Gasteiger partial charge in [-0.2, -0.15) is 18.3 Å². The minimum Gasteiger partial charge on any atom is -0.351 e. The van der Waals surface area contributed by atoms with Crippen molar-refractivity contribution in [1.29, 1.82) is 0 Å². The van der Waals surface area contributed by atoms with Crippen LogP contribution in [0.1, 0.15) is 35.0 Å². The number of halogens is 4. The molecule has 2 aromatic rings. The minimum absolute atomic E-state index is 0. The monoisotopic (exact) mass is 390 g/mol. The van der Waals surface area contributed by atoms with Gasteiger partial charge in [0.05, 0.1) is 17.4 Å². The highest BCUT2D eigenvalue weighted by Gasteiger charge is 2.40. The lowest BCUT2D eigenvalue weighted by atomic mass is 10.1. The molecule has 0 bridgehead atoms. The van der Waals surface area contributed by atoms with Crippen molar-refractivity contribution < 1.29 is 18.0 Å². The van der Waals surface area contributed by atoms with Crippen LogP contribution in [0.25, 0.3) is 5.69 Å². The van der Waals surface area contributed by atoms with Crippen LogP contribution >= 0.6 is 12.4 Å². The molecular formula is C17H22ClF3N4O. The number of aryl methyl sites for hydroxylation is 1. The lowest BCUT2D eigenvalue weighted by Crippen LogP contribution is -2.33. The number of carbonyl (C=O) groups is 1. The molecule has 0 saturated carbocycles. The van der Waals surface area contributed by atoms with E-state index in [-0.39, 0.29) is 19.0 Å². The predicted molar refractivity (Wildman–Crippen MR) is 96.0 cm³/mol. The average molecular weight is 391 g/mol. The Hall–Kier alpha value is -2.06. The van der Waals surface area contributed by atoms with Crippen LogP contribution in [0.5, 0.6) is 0 Å². The van der Waals surface area contributed by atoms with Gasteiger partial charge < -0.3 is 10.6 Å². The Bertz CT molecular complexity index is 731. The van der Waals surface area contributed by atoms with Crippen molar-refractivity contribution in [3.8, 4) is 5.69 Å². The topological polar surface area (TPSA) is 58.9 Å². The van der Waals surface area contributed by atoms with Crippen LogP contribution in [0.3, 0.4) is 0 Å². The summed E-state index contributed by atoms with van der Waals surface area (Å²) in [6.07, 6.45) is -2.80. The summed E-state index contributed by atoms with van der Waals surface area (Å²) in [6, 6.07) is 6.58. The molecule has 0 aliphatic carbocycles. The quantitative estimate of drug-likeness (QED) is 0.713. The molecule has 0 radical (unpaired) electrons. The van der Waals surface area contributed by atoms with Gasteiger partial charge in [-0.3, -0.25) is 4.79 Å². The summed E-state index contributed by atoms with van der Waals surface area (Å²) in [6.45, 7) is 5.21. The zero-order valence-electron chi connectivity index (χ0n) is 14.6. The van der Waals surface area contributed by atoms with E-state index in [1.54, 1.807) is 25.1 Å². The van der Waals surface area contributed by atoms with Crippen LogP contribution in [-0.2, 0) is 6.18 Å². The minimum atomic E-state index is -4.70. The van der Waals surface area contributed by atoms with Crippen molar-refractivity contribution in [2.24, 2.45) is 0 Å². The van der Waals surface area contributed by atoms with Crippen LogP contribution in [-0.4, -0.2) is 35.3 Å². The van der Waals surface area contributed by atoms with Crippen LogP contribution in [0, 0.1) is 6.92 Å². The molecule has 1 aromatic carbocycles. The van der Waals surface area contributed by atoms with Gasteiger partial charge in [0.2, 0.25) is 0 Å². The molecule has 1 aromatic heterocycles. The zero-order chi connectivity index (χ0) is 18.4. The van der Waals surface area contributed by atoms with Crippen molar-refractivity contribution >= 4 is 18.3 Å². The number of alkyl halides is 3. The van der Waals surface area contributed by atoms with Gasteiger partial charge in [-0.1, -0.05) is 25.1 Å². The molecule has 1 heterocycles. The van der Waals surface area contributed by atoms with Crippen LogP contribution in [0.2, 0.25) is 0 Å². The van der Waals surface area contributed by atoms with E-state index in [0.29, 0.717) is 17.8 Å². The summed E-state index contributed by atoms with van der Waals surface area (Å²) >= 11 is 0. The summed E-state index contributed by atoms with van der Waals surface area (Å²) in [5.41, 5.74) is -0.627. The fourth-order valence-electron chi connectivity index (χ4n) is 2.43. The summed E-state index contributed by atoms with van der Waals surface area (Å²) in [7, 11) is 0. The number of hydrogen-bond donors (Lipinski definition) is 2. The van der Waals surface area contributed by atoms with Crippen molar-refractivity contribution in [3.63, 3.8) is 0 Å². The molecule has 0 aliphatic heterocycles. The zero-order valence-corrected chi connectivity index (χ0v) is 15.4. The molecule has 144 valence electrons. The normalized spacial score (nSPS) is 11.1. The average Bonchev–Trinajstić information content (AvgIpc) is 3.00. The third kappa shape index (κ3) is 5.22. The van der Waals surface area contributed by atoms with Crippen LogP contribution in [0.4, 0.5) is 13.2 Å². The van der Waals surface area contributed by atoms with Gasteiger partial charge in [0, 0.05) is 13.1 Å². The van der Waals surface area contributed by atoms with Crippen molar-refractivity contribution in [2.45, 2.75) is 26.4 Å². The van der Waals surface area contributed by atoms with Crippen molar-refractivity contribution in [1.82, 2.24) is 20.4 Å². The van der Waals surface area contributed by atoms with Crippen molar-refractivity contribution in [3.05, 3.63) is 47.3 Å². The maximum absolute atomic E-state index is 13.6. The number of nitrogens with one attached hydrogen (secondary N) is 2. The van der Waals surface area contributed by atoms with E-state index in [2.05, 4.69) is 15.7 Å². The summed E-state index contributed by atoms with van der Waals surface area (Å²) in [5, 5.41) is 9.38. The van der Waals surface area contributed by atoms with E-state index < -0.39 is 23.3 Å². The first-order valence-corrected chi connectivity index (χ1v) is 8.06. The number of rotatable bonds is 7. The Morgan fingerprint density at radius 1 is 1.19 bits per heavy atom. The first kappa shape index (κ1) is 22.0. The van der Waals surface area contributed by atoms with Gasteiger partial charge in [-0.15, -0.1) is 12.4 Å². The van der Waals surface area contributed by atoms with Gasteiger partial charge in [-0.05, 0) is 31.5 Å². The van der Waals surface area contributed by atoms with Crippen LogP contribution < -0.4 is 10.6 Å². The molecular weight excluding hydrogens is 369 g/mol.